The molecule has 1 aliphatic heterocycles. The van der Waals surface area contributed by atoms with Crippen molar-refractivity contribution in [1.82, 2.24) is 14.9 Å². The van der Waals surface area contributed by atoms with Gasteiger partial charge in [0.2, 0.25) is 0 Å². The van der Waals surface area contributed by atoms with Gasteiger partial charge in [-0.25, -0.2) is 9.97 Å². The number of nitrogens with zero attached hydrogens (tertiary/aromatic N) is 3. The van der Waals surface area contributed by atoms with Crippen molar-refractivity contribution in [3.63, 3.8) is 0 Å². The predicted molar refractivity (Wildman–Crippen MR) is 91.4 cm³/mol. The van der Waals surface area contributed by atoms with Crippen LogP contribution in [0.25, 0.3) is 0 Å². The number of ether oxygens (including phenoxy) is 1. The molecule has 0 bridgehead atoms. The van der Waals surface area contributed by atoms with Gasteiger partial charge in [-0.05, 0) is 37.1 Å². The van der Waals surface area contributed by atoms with Crippen LogP contribution in [-0.4, -0.2) is 41.1 Å². The summed E-state index contributed by atoms with van der Waals surface area (Å²) in [5.74, 6) is 2.20. The van der Waals surface area contributed by atoms with E-state index in [9.17, 15) is 0 Å². The van der Waals surface area contributed by atoms with Crippen LogP contribution in [0.15, 0.2) is 36.7 Å². The van der Waals surface area contributed by atoms with Crippen LogP contribution in [0, 0.1) is 0 Å². The second-order valence-corrected chi connectivity index (χ2v) is 5.90. The van der Waals surface area contributed by atoms with Gasteiger partial charge in [0.25, 0.3) is 0 Å². The molecule has 0 unspecified atom stereocenters. The van der Waals surface area contributed by atoms with Gasteiger partial charge in [0.1, 0.15) is 23.7 Å². The molecule has 1 aromatic carbocycles. The SMILES string of the molecule is COc1cccc(CN2CCC[C@H](Nc3cc(N)ncn3)C2)c1. The molecule has 3 N–H and O–H groups in total. The Hall–Kier alpha value is -2.34. The Bertz CT molecular complexity index is 648. The van der Waals surface area contributed by atoms with Crippen molar-refractivity contribution < 1.29 is 4.74 Å². The first kappa shape index (κ1) is 15.6. The molecule has 1 fully saturated rings. The number of hydrogen-bond acceptors (Lipinski definition) is 6. The van der Waals surface area contributed by atoms with Gasteiger partial charge >= 0.3 is 0 Å². The highest BCUT2D eigenvalue weighted by Gasteiger charge is 2.20. The van der Waals surface area contributed by atoms with Gasteiger partial charge < -0.3 is 15.8 Å². The van der Waals surface area contributed by atoms with Crippen molar-refractivity contribution in [2.75, 3.05) is 31.2 Å². The highest BCUT2D eigenvalue weighted by atomic mass is 16.5. The van der Waals surface area contributed by atoms with Crippen molar-refractivity contribution in [3.8, 4) is 5.75 Å². The molecule has 2 aromatic rings. The van der Waals surface area contributed by atoms with Crippen molar-refractivity contribution in [2.24, 2.45) is 0 Å². The lowest BCUT2D eigenvalue weighted by Gasteiger charge is -2.33. The number of piperidine rings is 1. The molecule has 0 spiro atoms. The number of rotatable bonds is 5. The molecule has 122 valence electrons. The molecule has 6 heteroatoms. The van der Waals surface area contributed by atoms with Crippen molar-refractivity contribution >= 4 is 11.6 Å². The maximum atomic E-state index is 5.71. The van der Waals surface area contributed by atoms with E-state index in [1.165, 1.54) is 18.3 Å². The van der Waals surface area contributed by atoms with E-state index in [2.05, 4.69) is 32.3 Å². The first-order valence-electron chi connectivity index (χ1n) is 7.92. The minimum atomic E-state index is 0.378. The fraction of sp³-hybridized carbons (Fsp3) is 0.412. The van der Waals surface area contributed by atoms with E-state index in [0.29, 0.717) is 11.9 Å². The maximum Gasteiger partial charge on any atom is 0.131 e. The van der Waals surface area contributed by atoms with Crippen LogP contribution in [0.1, 0.15) is 18.4 Å². The Balaban J connectivity index is 1.59. The molecule has 0 amide bonds. The van der Waals surface area contributed by atoms with Crippen LogP contribution in [0.5, 0.6) is 5.75 Å². The molecule has 0 radical (unpaired) electrons. The maximum absolute atomic E-state index is 5.71. The number of nitrogens with one attached hydrogen (secondary N) is 1. The zero-order chi connectivity index (χ0) is 16.1. The summed E-state index contributed by atoms with van der Waals surface area (Å²) in [7, 11) is 1.70. The summed E-state index contributed by atoms with van der Waals surface area (Å²) in [5, 5.41) is 3.46. The van der Waals surface area contributed by atoms with E-state index in [0.717, 1.165) is 37.6 Å². The molecule has 23 heavy (non-hydrogen) atoms. The van der Waals surface area contributed by atoms with E-state index in [1.807, 2.05) is 12.1 Å². The second kappa shape index (κ2) is 7.28. The normalized spacial score (nSPS) is 18.6. The number of benzene rings is 1. The summed E-state index contributed by atoms with van der Waals surface area (Å²) < 4.78 is 5.30. The third-order valence-electron chi connectivity index (χ3n) is 4.09. The van der Waals surface area contributed by atoms with E-state index >= 15 is 0 Å². The number of anilines is 2. The first-order valence-corrected chi connectivity index (χ1v) is 7.92. The number of nitrogens with two attached hydrogens (primary N) is 1. The van der Waals surface area contributed by atoms with Gasteiger partial charge in [-0.3, -0.25) is 4.90 Å². The molecule has 1 aliphatic rings. The van der Waals surface area contributed by atoms with Crippen molar-refractivity contribution in [1.29, 1.82) is 0 Å². The Morgan fingerprint density at radius 3 is 3.09 bits per heavy atom. The van der Waals surface area contributed by atoms with E-state index in [1.54, 1.807) is 13.2 Å². The van der Waals surface area contributed by atoms with Crippen LogP contribution in [0.4, 0.5) is 11.6 Å². The van der Waals surface area contributed by atoms with Gasteiger partial charge in [0.05, 0.1) is 7.11 Å². The highest BCUT2D eigenvalue weighted by Crippen LogP contribution is 2.19. The van der Waals surface area contributed by atoms with Gasteiger partial charge in [-0.2, -0.15) is 0 Å². The minimum absolute atomic E-state index is 0.378. The average molecular weight is 313 g/mol. The second-order valence-electron chi connectivity index (χ2n) is 5.90. The molecule has 1 aromatic heterocycles. The fourth-order valence-electron chi connectivity index (χ4n) is 3.01. The zero-order valence-corrected chi connectivity index (χ0v) is 13.4. The topological polar surface area (TPSA) is 76.3 Å². The Morgan fingerprint density at radius 1 is 1.35 bits per heavy atom. The molecular weight excluding hydrogens is 290 g/mol. The lowest BCUT2D eigenvalue weighted by atomic mass is 10.0. The Kier molecular flexibility index (Phi) is 4.92. The summed E-state index contributed by atoms with van der Waals surface area (Å²) in [6.07, 6.45) is 3.80. The quantitative estimate of drug-likeness (QED) is 0.881. The fourth-order valence-corrected chi connectivity index (χ4v) is 3.01. The molecule has 0 aliphatic carbocycles. The molecule has 0 saturated carbocycles. The van der Waals surface area contributed by atoms with E-state index in [4.69, 9.17) is 10.5 Å². The summed E-state index contributed by atoms with van der Waals surface area (Å²) in [6.45, 7) is 3.03. The number of likely N-dealkylation sites (tertiary alicyclic amines) is 1. The first-order chi connectivity index (χ1) is 11.2. The van der Waals surface area contributed by atoms with Crippen LogP contribution >= 0.6 is 0 Å². The van der Waals surface area contributed by atoms with Gasteiger partial charge in [0, 0.05) is 25.2 Å². The average Bonchev–Trinajstić information content (AvgIpc) is 2.55. The van der Waals surface area contributed by atoms with Crippen LogP contribution in [-0.2, 0) is 6.54 Å². The summed E-state index contributed by atoms with van der Waals surface area (Å²) in [5.41, 5.74) is 6.98. The number of hydrogen-bond donors (Lipinski definition) is 2. The predicted octanol–water partition coefficient (Wildman–Crippen LogP) is 2.14. The van der Waals surface area contributed by atoms with Gasteiger partial charge in [-0.15, -0.1) is 0 Å². The monoisotopic (exact) mass is 313 g/mol. The molecule has 6 nitrogen and oxygen atoms in total. The number of methoxy groups -OCH3 is 1. The van der Waals surface area contributed by atoms with Crippen molar-refractivity contribution in [3.05, 3.63) is 42.2 Å². The molecule has 1 saturated heterocycles. The van der Waals surface area contributed by atoms with Crippen LogP contribution < -0.4 is 15.8 Å². The standard InChI is InChI=1S/C17H23N5O/c1-23-15-6-2-4-13(8-15)10-22-7-3-5-14(11-22)21-17-9-16(18)19-12-20-17/h2,4,6,8-9,12,14H,3,5,7,10-11H2,1H3,(H3,18,19,20,21)/t14-/m0/s1. The Labute approximate surface area is 136 Å². The summed E-state index contributed by atoms with van der Waals surface area (Å²) in [4.78, 5) is 10.6. The molecule has 1 atom stereocenters. The van der Waals surface area contributed by atoms with E-state index < -0.39 is 0 Å². The summed E-state index contributed by atoms with van der Waals surface area (Å²) in [6, 6.07) is 10.4. The molecule has 2 heterocycles. The number of aromatic nitrogens is 2. The summed E-state index contributed by atoms with van der Waals surface area (Å²) >= 11 is 0. The number of nitrogen functional groups attached to an aromatic ring is 1. The highest BCUT2D eigenvalue weighted by molar-refractivity contribution is 5.44. The van der Waals surface area contributed by atoms with E-state index in [-0.39, 0.29) is 0 Å². The van der Waals surface area contributed by atoms with Gasteiger partial charge in [-0.1, -0.05) is 12.1 Å². The molecule has 3 rings (SSSR count). The lowest BCUT2D eigenvalue weighted by molar-refractivity contribution is 0.208. The third-order valence-corrected chi connectivity index (χ3v) is 4.09. The zero-order valence-electron chi connectivity index (χ0n) is 13.4. The smallest absolute Gasteiger partial charge is 0.131 e. The van der Waals surface area contributed by atoms with Gasteiger partial charge in [0.15, 0.2) is 0 Å². The lowest BCUT2D eigenvalue weighted by Crippen LogP contribution is -2.41. The molecular formula is C17H23N5O. The minimum Gasteiger partial charge on any atom is -0.497 e. The van der Waals surface area contributed by atoms with Crippen LogP contribution in [0.2, 0.25) is 0 Å². The Morgan fingerprint density at radius 2 is 2.26 bits per heavy atom. The van der Waals surface area contributed by atoms with Crippen molar-refractivity contribution in [2.45, 2.75) is 25.4 Å². The largest absolute Gasteiger partial charge is 0.497 e. The van der Waals surface area contributed by atoms with Crippen LogP contribution in [0.3, 0.4) is 0 Å². The third kappa shape index (κ3) is 4.32.